The molecule has 1 saturated carbocycles. The zero-order chi connectivity index (χ0) is 10.4. The predicted octanol–water partition coefficient (Wildman–Crippen LogP) is 2.11. The molecule has 1 N–H and O–H groups in total. The standard InChI is InChI=1S/C12H26N2/c1-4-13-10-12(14(2)3)11-8-6-5-7-9-11/h11-13H,4-10H2,1-3H3. The quantitative estimate of drug-likeness (QED) is 0.728. The van der Waals surface area contributed by atoms with Crippen LogP contribution in [-0.4, -0.2) is 38.1 Å². The molecule has 2 heteroatoms. The minimum absolute atomic E-state index is 0.746. The normalized spacial score (nSPS) is 21.4. The Hall–Kier alpha value is -0.0800. The lowest BCUT2D eigenvalue weighted by atomic mass is 9.83. The van der Waals surface area contributed by atoms with Crippen molar-refractivity contribution in [2.24, 2.45) is 5.92 Å². The van der Waals surface area contributed by atoms with Gasteiger partial charge in [0, 0.05) is 12.6 Å². The highest BCUT2D eigenvalue weighted by Gasteiger charge is 2.24. The van der Waals surface area contributed by atoms with Gasteiger partial charge in [-0.1, -0.05) is 26.2 Å². The van der Waals surface area contributed by atoms with Gasteiger partial charge in [0.2, 0.25) is 0 Å². The number of hydrogen-bond donors (Lipinski definition) is 1. The predicted molar refractivity (Wildman–Crippen MR) is 62.6 cm³/mol. The van der Waals surface area contributed by atoms with Crippen LogP contribution in [0.15, 0.2) is 0 Å². The highest BCUT2D eigenvalue weighted by molar-refractivity contribution is 4.80. The molecule has 0 heterocycles. The molecule has 1 unspecified atom stereocenters. The van der Waals surface area contributed by atoms with Crippen LogP contribution >= 0.6 is 0 Å². The van der Waals surface area contributed by atoms with Gasteiger partial charge >= 0.3 is 0 Å². The Morgan fingerprint density at radius 2 is 1.86 bits per heavy atom. The van der Waals surface area contributed by atoms with Gasteiger partial charge in [-0.25, -0.2) is 0 Å². The van der Waals surface area contributed by atoms with Crippen molar-refractivity contribution in [2.75, 3.05) is 27.2 Å². The second kappa shape index (κ2) is 6.41. The summed E-state index contributed by atoms with van der Waals surface area (Å²) in [6.07, 6.45) is 7.22. The van der Waals surface area contributed by atoms with Gasteiger partial charge < -0.3 is 10.2 Å². The molecule has 0 aromatic heterocycles. The third-order valence-electron chi connectivity index (χ3n) is 3.46. The van der Waals surface area contributed by atoms with Gasteiger partial charge in [0.15, 0.2) is 0 Å². The first-order valence-electron chi connectivity index (χ1n) is 6.12. The van der Waals surface area contributed by atoms with E-state index in [1.807, 2.05) is 0 Å². The largest absolute Gasteiger partial charge is 0.315 e. The summed E-state index contributed by atoms with van der Waals surface area (Å²) in [4.78, 5) is 2.40. The Labute approximate surface area is 89.1 Å². The van der Waals surface area contributed by atoms with Crippen molar-refractivity contribution >= 4 is 0 Å². The Morgan fingerprint density at radius 3 is 2.36 bits per heavy atom. The van der Waals surface area contributed by atoms with Gasteiger partial charge in [-0.3, -0.25) is 0 Å². The summed E-state index contributed by atoms with van der Waals surface area (Å²) in [5.74, 6) is 0.929. The molecule has 0 aliphatic heterocycles. The van der Waals surface area contributed by atoms with Crippen molar-refractivity contribution in [1.82, 2.24) is 10.2 Å². The maximum atomic E-state index is 3.49. The summed E-state index contributed by atoms with van der Waals surface area (Å²) >= 11 is 0. The average molecular weight is 198 g/mol. The average Bonchev–Trinajstić information content (AvgIpc) is 2.19. The lowest BCUT2D eigenvalue weighted by Gasteiger charge is -2.35. The van der Waals surface area contributed by atoms with Gasteiger partial charge in [0.05, 0.1) is 0 Å². The van der Waals surface area contributed by atoms with Gasteiger partial charge in [0.25, 0.3) is 0 Å². The van der Waals surface area contributed by atoms with Crippen molar-refractivity contribution in [3.63, 3.8) is 0 Å². The molecule has 0 aromatic rings. The molecule has 0 aromatic carbocycles. The summed E-state index contributed by atoms with van der Waals surface area (Å²) in [5.41, 5.74) is 0. The van der Waals surface area contributed by atoms with Crippen LogP contribution in [0.4, 0.5) is 0 Å². The molecule has 14 heavy (non-hydrogen) atoms. The van der Waals surface area contributed by atoms with Gasteiger partial charge in [-0.05, 0) is 39.4 Å². The molecule has 1 atom stereocenters. The van der Waals surface area contributed by atoms with Crippen LogP contribution in [0.5, 0.6) is 0 Å². The molecule has 1 aliphatic rings. The van der Waals surface area contributed by atoms with E-state index < -0.39 is 0 Å². The maximum absolute atomic E-state index is 3.49. The van der Waals surface area contributed by atoms with Gasteiger partial charge in [0.1, 0.15) is 0 Å². The summed E-state index contributed by atoms with van der Waals surface area (Å²) in [6.45, 7) is 4.44. The fraction of sp³-hybridized carbons (Fsp3) is 1.00. The monoisotopic (exact) mass is 198 g/mol. The van der Waals surface area contributed by atoms with E-state index in [0.29, 0.717) is 0 Å². The third kappa shape index (κ3) is 3.58. The molecule has 1 rings (SSSR count). The molecule has 0 spiro atoms. The number of hydrogen-bond acceptors (Lipinski definition) is 2. The fourth-order valence-electron chi connectivity index (χ4n) is 2.58. The Bertz CT molecular complexity index is 139. The molecule has 0 saturated heterocycles. The van der Waals surface area contributed by atoms with E-state index in [1.165, 1.54) is 32.1 Å². The number of nitrogens with zero attached hydrogens (tertiary/aromatic N) is 1. The van der Waals surface area contributed by atoms with Crippen molar-refractivity contribution in [3.8, 4) is 0 Å². The van der Waals surface area contributed by atoms with E-state index in [4.69, 9.17) is 0 Å². The van der Waals surface area contributed by atoms with Crippen LogP contribution < -0.4 is 5.32 Å². The van der Waals surface area contributed by atoms with Gasteiger partial charge in [-0.15, -0.1) is 0 Å². The van der Waals surface area contributed by atoms with E-state index in [9.17, 15) is 0 Å². The third-order valence-corrected chi connectivity index (χ3v) is 3.46. The molecule has 0 radical (unpaired) electrons. The van der Waals surface area contributed by atoms with Crippen LogP contribution in [0, 0.1) is 5.92 Å². The zero-order valence-electron chi connectivity index (χ0n) is 10.1. The van der Waals surface area contributed by atoms with E-state index >= 15 is 0 Å². The topological polar surface area (TPSA) is 15.3 Å². The van der Waals surface area contributed by atoms with Crippen molar-refractivity contribution in [2.45, 2.75) is 45.1 Å². The first-order valence-corrected chi connectivity index (χ1v) is 6.12. The second-order valence-electron chi connectivity index (χ2n) is 4.74. The molecule has 84 valence electrons. The second-order valence-corrected chi connectivity index (χ2v) is 4.74. The highest BCUT2D eigenvalue weighted by Crippen LogP contribution is 2.27. The van der Waals surface area contributed by atoms with E-state index in [1.54, 1.807) is 0 Å². The van der Waals surface area contributed by atoms with Crippen molar-refractivity contribution in [3.05, 3.63) is 0 Å². The highest BCUT2D eigenvalue weighted by atomic mass is 15.1. The number of nitrogens with one attached hydrogen (secondary N) is 1. The maximum Gasteiger partial charge on any atom is 0.0242 e. The minimum Gasteiger partial charge on any atom is -0.315 e. The molecule has 0 amide bonds. The number of likely N-dealkylation sites (N-methyl/N-ethyl adjacent to an activating group) is 2. The van der Waals surface area contributed by atoms with Crippen LogP contribution in [-0.2, 0) is 0 Å². The van der Waals surface area contributed by atoms with Crippen LogP contribution in [0.1, 0.15) is 39.0 Å². The smallest absolute Gasteiger partial charge is 0.0242 e. The SMILES string of the molecule is CCNCC(C1CCCCC1)N(C)C. The molecule has 1 aliphatic carbocycles. The molecule has 2 nitrogen and oxygen atoms in total. The number of rotatable bonds is 5. The summed E-state index contributed by atoms with van der Waals surface area (Å²) < 4.78 is 0. The zero-order valence-corrected chi connectivity index (χ0v) is 10.1. The lowest BCUT2D eigenvalue weighted by molar-refractivity contribution is 0.167. The molecule has 0 bridgehead atoms. The van der Waals surface area contributed by atoms with E-state index in [2.05, 4.69) is 31.2 Å². The molecular formula is C12H26N2. The van der Waals surface area contributed by atoms with Crippen LogP contribution in [0.25, 0.3) is 0 Å². The van der Waals surface area contributed by atoms with E-state index in [-0.39, 0.29) is 0 Å². The molecule has 1 fully saturated rings. The summed E-state index contributed by atoms with van der Waals surface area (Å²) in [7, 11) is 4.44. The lowest BCUT2D eigenvalue weighted by Crippen LogP contribution is -2.43. The Morgan fingerprint density at radius 1 is 1.21 bits per heavy atom. The summed E-state index contributed by atoms with van der Waals surface area (Å²) in [6, 6.07) is 0.746. The minimum atomic E-state index is 0.746. The fourth-order valence-corrected chi connectivity index (χ4v) is 2.58. The molecular weight excluding hydrogens is 172 g/mol. The Kier molecular flexibility index (Phi) is 5.49. The van der Waals surface area contributed by atoms with Gasteiger partial charge in [-0.2, -0.15) is 0 Å². The van der Waals surface area contributed by atoms with Crippen molar-refractivity contribution < 1.29 is 0 Å². The first-order chi connectivity index (χ1) is 6.75. The van der Waals surface area contributed by atoms with Crippen molar-refractivity contribution in [1.29, 1.82) is 0 Å². The Balaban J connectivity index is 2.39. The van der Waals surface area contributed by atoms with Crippen LogP contribution in [0.3, 0.4) is 0 Å². The summed E-state index contributed by atoms with van der Waals surface area (Å²) in [5, 5.41) is 3.49. The van der Waals surface area contributed by atoms with E-state index in [0.717, 1.165) is 25.0 Å². The van der Waals surface area contributed by atoms with Crippen LogP contribution in [0.2, 0.25) is 0 Å². The first kappa shape index (κ1) is 12.0.